The van der Waals surface area contributed by atoms with Crippen LogP contribution in [-0.4, -0.2) is 88.6 Å². The molecule has 0 saturated carbocycles. The lowest BCUT2D eigenvalue weighted by molar-refractivity contribution is -0.119. The van der Waals surface area contributed by atoms with Crippen LogP contribution in [0.1, 0.15) is 19.8 Å². The summed E-state index contributed by atoms with van der Waals surface area (Å²) in [7, 11) is 1.61. The largest absolute Gasteiger partial charge is 0.383 e. The average molecular weight is 342 g/mol. The molecule has 2 aliphatic rings. The Balaban J connectivity index is 1.87. The summed E-state index contributed by atoms with van der Waals surface area (Å²) in [6, 6.07) is 0. The number of hydrogen-bond acceptors (Lipinski definition) is 5. The van der Waals surface area contributed by atoms with Gasteiger partial charge in [0.25, 0.3) is 0 Å². The van der Waals surface area contributed by atoms with Crippen LogP contribution in [0.15, 0.2) is 4.99 Å². The number of rotatable bonds is 7. The van der Waals surface area contributed by atoms with Gasteiger partial charge in [-0.3, -0.25) is 4.79 Å². The maximum atomic E-state index is 11.8. The van der Waals surface area contributed by atoms with Crippen molar-refractivity contribution in [1.82, 2.24) is 15.5 Å². The van der Waals surface area contributed by atoms with E-state index in [1.54, 1.807) is 7.11 Å². The number of amides is 1. The van der Waals surface area contributed by atoms with Crippen LogP contribution in [-0.2, 0) is 19.0 Å². The third kappa shape index (κ3) is 5.92. The van der Waals surface area contributed by atoms with Crippen LogP contribution in [0.5, 0.6) is 0 Å². The van der Waals surface area contributed by atoms with Gasteiger partial charge in [0.2, 0.25) is 5.91 Å². The highest BCUT2D eigenvalue weighted by Crippen LogP contribution is 2.20. The Morgan fingerprint density at radius 3 is 2.83 bits per heavy atom. The highest BCUT2D eigenvalue weighted by atomic mass is 16.5. The summed E-state index contributed by atoms with van der Waals surface area (Å²) < 4.78 is 16.5. The van der Waals surface area contributed by atoms with Crippen molar-refractivity contribution in [2.75, 3.05) is 59.7 Å². The fraction of sp³-hybridized carbons (Fsp3) is 0.875. The molecular weight excluding hydrogens is 312 g/mol. The van der Waals surface area contributed by atoms with Gasteiger partial charge in [-0.15, -0.1) is 0 Å². The smallest absolute Gasteiger partial charge is 0.241 e. The van der Waals surface area contributed by atoms with E-state index in [1.165, 1.54) is 0 Å². The number of carbonyl (C=O) groups excluding carboxylic acids is 1. The Kier molecular flexibility index (Phi) is 8.27. The number of nitrogens with one attached hydrogen (secondary N) is 2. The average Bonchev–Trinajstić information content (AvgIpc) is 3.13. The third-order valence-corrected chi connectivity index (χ3v) is 4.11. The maximum absolute atomic E-state index is 11.8. The number of aliphatic imine (C=N–C) groups is 1. The normalized spacial score (nSPS) is 24.9. The quantitative estimate of drug-likeness (QED) is 0.372. The standard InChI is InChI=1S/C16H30N4O4/c1-3-17-16(19-11-15(21)18-6-9-22-2)20-7-10-24-14(12-20)13-5-4-8-23-13/h13-14H,3-12H2,1-2H3,(H,17,19)(H,18,21). The van der Waals surface area contributed by atoms with Crippen molar-refractivity contribution in [3.05, 3.63) is 0 Å². The minimum absolute atomic E-state index is 0.0700. The fourth-order valence-electron chi connectivity index (χ4n) is 2.91. The number of carbonyl (C=O) groups is 1. The highest BCUT2D eigenvalue weighted by molar-refractivity contribution is 5.85. The minimum atomic E-state index is -0.105. The molecule has 0 aromatic heterocycles. The molecule has 0 bridgehead atoms. The van der Waals surface area contributed by atoms with Crippen molar-refractivity contribution in [3.8, 4) is 0 Å². The SMILES string of the molecule is CCNC(=NCC(=O)NCCOC)N1CCOC(C2CCCO2)C1. The van der Waals surface area contributed by atoms with E-state index in [0.717, 1.165) is 45.0 Å². The Bertz CT molecular complexity index is 413. The van der Waals surface area contributed by atoms with E-state index < -0.39 is 0 Å². The van der Waals surface area contributed by atoms with Crippen LogP contribution in [0, 0.1) is 0 Å². The lowest BCUT2D eigenvalue weighted by Crippen LogP contribution is -2.53. The molecule has 8 nitrogen and oxygen atoms in total. The molecule has 2 aliphatic heterocycles. The molecule has 2 saturated heterocycles. The van der Waals surface area contributed by atoms with Crippen molar-refractivity contribution in [1.29, 1.82) is 0 Å². The first-order valence-corrected chi connectivity index (χ1v) is 8.76. The molecule has 2 unspecified atom stereocenters. The van der Waals surface area contributed by atoms with Crippen molar-refractivity contribution < 1.29 is 19.0 Å². The molecule has 0 aliphatic carbocycles. The van der Waals surface area contributed by atoms with E-state index >= 15 is 0 Å². The number of morpholine rings is 1. The van der Waals surface area contributed by atoms with Gasteiger partial charge in [-0.25, -0.2) is 4.99 Å². The first-order chi connectivity index (χ1) is 11.7. The molecule has 2 N–H and O–H groups in total. The van der Waals surface area contributed by atoms with Gasteiger partial charge in [0, 0.05) is 39.9 Å². The van der Waals surface area contributed by atoms with Gasteiger partial charge in [-0.1, -0.05) is 0 Å². The predicted octanol–water partition coefficient (Wildman–Crippen LogP) is -0.406. The molecular formula is C16H30N4O4. The van der Waals surface area contributed by atoms with E-state index in [9.17, 15) is 4.79 Å². The lowest BCUT2D eigenvalue weighted by Gasteiger charge is -2.37. The van der Waals surface area contributed by atoms with E-state index in [2.05, 4.69) is 20.5 Å². The number of ether oxygens (including phenoxy) is 3. The van der Waals surface area contributed by atoms with E-state index in [0.29, 0.717) is 19.8 Å². The molecule has 138 valence electrons. The molecule has 2 heterocycles. The second-order valence-corrected chi connectivity index (χ2v) is 5.92. The zero-order valence-electron chi connectivity index (χ0n) is 14.8. The molecule has 2 atom stereocenters. The summed E-state index contributed by atoms with van der Waals surface area (Å²) in [4.78, 5) is 18.4. The summed E-state index contributed by atoms with van der Waals surface area (Å²) >= 11 is 0. The van der Waals surface area contributed by atoms with Gasteiger partial charge in [0.05, 0.1) is 19.3 Å². The Labute approximate surface area is 143 Å². The molecule has 2 fully saturated rings. The summed E-state index contributed by atoms with van der Waals surface area (Å²) in [6.45, 7) is 6.85. The second-order valence-electron chi connectivity index (χ2n) is 5.92. The van der Waals surface area contributed by atoms with E-state index in [1.807, 2.05) is 6.92 Å². The number of methoxy groups -OCH3 is 1. The molecule has 0 aromatic rings. The topological polar surface area (TPSA) is 84.4 Å². The summed E-state index contributed by atoms with van der Waals surface area (Å²) in [5, 5.41) is 6.04. The van der Waals surface area contributed by atoms with Gasteiger partial charge >= 0.3 is 0 Å². The third-order valence-electron chi connectivity index (χ3n) is 4.11. The molecule has 0 aromatic carbocycles. The van der Waals surface area contributed by atoms with Crippen LogP contribution in [0.25, 0.3) is 0 Å². The molecule has 24 heavy (non-hydrogen) atoms. The van der Waals surface area contributed by atoms with Gasteiger partial charge in [-0.05, 0) is 19.8 Å². The molecule has 8 heteroatoms. The van der Waals surface area contributed by atoms with Gasteiger partial charge in [0.1, 0.15) is 12.6 Å². The van der Waals surface area contributed by atoms with Crippen molar-refractivity contribution in [3.63, 3.8) is 0 Å². The van der Waals surface area contributed by atoms with Gasteiger partial charge in [-0.2, -0.15) is 0 Å². The van der Waals surface area contributed by atoms with Crippen LogP contribution in [0.4, 0.5) is 0 Å². The molecule has 0 radical (unpaired) electrons. The predicted molar refractivity (Wildman–Crippen MR) is 91.2 cm³/mol. The summed E-state index contributed by atoms with van der Waals surface area (Å²) in [6.07, 6.45) is 2.39. The van der Waals surface area contributed by atoms with Crippen molar-refractivity contribution in [2.45, 2.75) is 32.0 Å². The number of nitrogens with zero attached hydrogens (tertiary/aromatic N) is 2. The minimum Gasteiger partial charge on any atom is -0.383 e. The van der Waals surface area contributed by atoms with Crippen LogP contribution in [0.2, 0.25) is 0 Å². The zero-order chi connectivity index (χ0) is 17.2. The number of hydrogen-bond donors (Lipinski definition) is 2. The fourth-order valence-corrected chi connectivity index (χ4v) is 2.91. The Morgan fingerprint density at radius 2 is 2.12 bits per heavy atom. The van der Waals surface area contributed by atoms with Crippen LogP contribution in [0.3, 0.4) is 0 Å². The lowest BCUT2D eigenvalue weighted by atomic mass is 10.1. The monoisotopic (exact) mass is 342 g/mol. The Morgan fingerprint density at radius 1 is 1.29 bits per heavy atom. The van der Waals surface area contributed by atoms with E-state index in [-0.39, 0.29) is 24.7 Å². The van der Waals surface area contributed by atoms with Gasteiger partial charge < -0.3 is 29.7 Å². The van der Waals surface area contributed by atoms with Crippen LogP contribution < -0.4 is 10.6 Å². The van der Waals surface area contributed by atoms with Gasteiger partial charge in [0.15, 0.2) is 5.96 Å². The first-order valence-electron chi connectivity index (χ1n) is 8.76. The Hall–Kier alpha value is -1.38. The summed E-state index contributed by atoms with van der Waals surface area (Å²) in [5.41, 5.74) is 0. The first kappa shape index (κ1) is 19.0. The van der Waals surface area contributed by atoms with Crippen molar-refractivity contribution >= 4 is 11.9 Å². The zero-order valence-corrected chi connectivity index (χ0v) is 14.8. The van der Waals surface area contributed by atoms with Crippen molar-refractivity contribution in [2.24, 2.45) is 4.99 Å². The maximum Gasteiger partial charge on any atom is 0.241 e. The highest BCUT2D eigenvalue weighted by Gasteiger charge is 2.32. The molecule has 1 amide bonds. The molecule has 2 rings (SSSR count). The van der Waals surface area contributed by atoms with Crippen LogP contribution >= 0.6 is 0 Å². The second kappa shape index (κ2) is 10.5. The summed E-state index contributed by atoms with van der Waals surface area (Å²) in [5.74, 6) is 0.650. The van der Waals surface area contributed by atoms with E-state index in [4.69, 9.17) is 14.2 Å². The molecule has 0 spiro atoms. The number of guanidine groups is 1.